The molecule has 0 radical (unpaired) electrons. The molecule has 164 valence electrons. The van der Waals surface area contributed by atoms with Crippen molar-refractivity contribution in [3.8, 4) is 0 Å². The van der Waals surface area contributed by atoms with Gasteiger partial charge in [0.15, 0.2) is 5.96 Å². The third kappa shape index (κ3) is 5.73. The molecular weight excluding hydrogens is 467 g/mol. The molecule has 2 saturated carbocycles. The average molecular weight is 508 g/mol. The van der Waals surface area contributed by atoms with Crippen LogP contribution in [0.5, 0.6) is 0 Å². The highest BCUT2D eigenvalue weighted by Crippen LogP contribution is 2.54. The molecule has 0 aromatic heterocycles. The van der Waals surface area contributed by atoms with E-state index < -0.39 is 0 Å². The minimum atomic E-state index is 0. The van der Waals surface area contributed by atoms with Crippen LogP contribution in [0.1, 0.15) is 58.8 Å². The van der Waals surface area contributed by atoms with Gasteiger partial charge in [0.25, 0.3) is 0 Å². The van der Waals surface area contributed by atoms with Gasteiger partial charge in [-0.25, -0.2) is 0 Å². The third-order valence-corrected chi connectivity index (χ3v) is 6.85. The Kier molecular flexibility index (Phi) is 10.3. The quantitative estimate of drug-likeness (QED) is 0.300. The van der Waals surface area contributed by atoms with Crippen molar-refractivity contribution < 1.29 is 9.47 Å². The summed E-state index contributed by atoms with van der Waals surface area (Å²) in [5.41, 5.74) is 0.343. The standard InChI is InChI=1S/C21H40N4O2.HI/c1-4-22-20(23-17-8-12-25(13-9-17)14-15-26-3)24-18-16-19(27-5-2)21(18)10-6-7-11-21;/h17-19H,4-16H2,1-3H3,(H2,22,23,24);1H. The Morgan fingerprint density at radius 1 is 1.14 bits per heavy atom. The number of hydrogen-bond acceptors (Lipinski definition) is 4. The average Bonchev–Trinajstić information content (AvgIpc) is 3.20. The number of nitrogens with one attached hydrogen (secondary N) is 2. The molecular formula is C21H41IN4O2. The number of piperidine rings is 1. The Balaban J connectivity index is 0.00000280. The van der Waals surface area contributed by atoms with E-state index in [1.54, 1.807) is 7.11 Å². The molecule has 0 aromatic rings. The molecule has 2 N–H and O–H groups in total. The van der Waals surface area contributed by atoms with E-state index in [2.05, 4.69) is 29.4 Å². The first-order valence-corrected chi connectivity index (χ1v) is 11.1. The second-order valence-electron chi connectivity index (χ2n) is 8.39. The van der Waals surface area contributed by atoms with Crippen LogP contribution in [0.3, 0.4) is 0 Å². The van der Waals surface area contributed by atoms with Crippen molar-refractivity contribution in [2.24, 2.45) is 10.4 Å². The molecule has 0 aromatic carbocycles. The van der Waals surface area contributed by atoms with Crippen molar-refractivity contribution >= 4 is 29.9 Å². The summed E-state index contributed by atoms with van der Waals surface area (Å²) in [7, 11) is 1.78. The number of likely N-dealkylation sites (tertiary alicyclic amines) is 1. The van der Waals surface area contributed by atoms with Gasteiger partial charge in [-0.3, -0.25) is 4.99 Å². The van der Waals surface area contributed by atoms with E-state index in [4.69, 9.17) is 14.5 Å². The van der Waals surface area contributed by atoms with Crippen molar-refractivity contribution in [1.29, 1.82) is 0 Å². The van der Waals surface area contributed by atoms with Crippen LogP contribution in [-0.4, -0.2) is 75.5 Å². The summed E-state index contributed by atoms with van der Waals surface area (Å²) in [6.45, 7) is 10.0. The summed E-state index contributed by atoms with van der Waals surface area (Å²) >= 11 is 0. The molecule has 3 aliphatic rings. The number of rotatable bonds is 8. The number of ether oxygens (including phenoxy) is 2. The molecule has 2 aliphatic carbocycles. The SMILES string of the molecule is CCN=C(NC1CCN(CCOC)CC1)NC1CC(OCC)C12CCCC2.I. The predicted molar refractivity (Wildman–Crippen MR) is 126 cm³/mol. The van der Waals surface area contributed by atoms with Crippen molar-refractivity contribution in [3.63, 3.8) is 0 Å². The summed E-state index contributed by atoms with van der Waals surface area (Å²) in [6.07, 6.45) is 9.18. The van der Waals surface area contributed by atoms with E-state index in [1.165, 1.54) is 38.5 Å². The monoisotopic (exact) mass is 508 g/mol. The van der Waals surface area contributed by atoms with Crippen LogP contribution in [0.25, 0.3) is 0 Å². The number of guanidine groups is 1. The highest BCUT2D eigenvalue weighted by atomic mass is 127. The normalized spacial score (nSPS) is 28.0. The fraction of sp³-hybridized carbons (Fsp3) is 0.952. The molecule has 0 amide bonds. The maximum absolute atomic E-state index is 6.07. The summed E-state index contributed by atoms with van der Waals surface area (Å²) in [5, 5.41) is 7.52. The first kappa shape index (κ1) is 24.2. The van der Waals surface area contributed by atoms with Crippen LogP contribution < -0.4 is 10.6 Å². The fourth-order valence-electron chi connectivity index (χ4n) is 5.26. The number of halogens is 1. The lowest BCUT2D eigenvalue weighted by molar-refractivity contribution is -0.125. The lowest BCUT2D eigenvalue weighted by atomic mass is 9.60. The predicted octanol–water partition coefficient (Wildman–Crippen LogP) is 3.01. The van der Waals surface area contributed by atoms with Gasteiger partial charge in [0.05, 0.1) is 12.7 Å². The first-order chi connectivity index (χ1) is 13.2. The molecule has 7 heteroatoms. The van der Waals surface area contributed by atoms with Crippen LogP contribution in [-0.2, 0) is 9.47 Å². The van der Waals surface area contributed by atoms with Gasteiger partial charge in [-0.2, -0.15) is 0 Å². The second kappa shape index (κ2) is 11.9. The highest BCUT2D eigenvalue weighted by molar-refractivity contribution is 14.0. The smallest absolute Gasteiger partial charge is 0.191 e. The van der Waals surface area contributed by atoms with Crippen molar-refractivity contribution in [2.75, 3.05) is 46.5 Å². The molecule has 2 atom stereocenters. The fourth-order valence-corrected chi connectivity index (χ4v) is 5.26. The maximum Gasteiger partial charge on any atom is 0.191 e. The number of methoxy groups -OCH3 is 1. The largest absolute Gasteiger partial charge is 0.383 e. The highest BCUT2D eigenvalue weighted by Gasteiger charge is 2.57. The van der Waals surface area contributed by atoms with E-state index in [9.17, 15) is 0 Å². The summed E-state index contributed by atoms with van der Waals surface area (Å²) in [6, 6.07) is 1.03. The van der Waals surface area contributed by atoms with Gasteiger partial charge in [0.1, 0.15) is 0 Å². The third-order valence-electron chi connectivity index (χ3n) is 6.85. The molecule has 1 heterocycles. The number of hydrogen-bond donors (Lipinski definition) is 2. The van der Waals surface area contributed by atoms with Crippen molar-refractivity contribution in [1.82, 2.24) is 15.5 Å². The molecule has 2 unspecified atom stereocenters. The van der Waals surface area contributed by atoms with Crippen LogP contribution in [0.4, 0.5) is 0 Å². The Morgan fingerprint density at radius 3 is 2.46 bits per heavy atom. The van der Waals surface area contributed by atoms with Gasteiger partial charge in [-0.1, -0.05) is 12.8 Å². The van der Waals surface area contributed by atoms with Gasteiger partial charge < -0.3 is 25.0 Å². The van der Waals surface area contributed by atoms with Crippen LogP contribution in [0.2, 0.25) is 0 Å². The minimum Gasteiger partial charge on any atom is -0.383 e. The summed E-state index contributed by atoms with van der Waals surface area (Å²) in [5.74, 6) is 1.01. The molecule has 3 fully saturated rings. The molecule has 1 aliphatic heterocycles. The van der Waals surface area contributed by atoms with E-state index in [1.807, 2.05) is 0 Å². The molecule has 1 saturated heterocycles. The zero-order chi connectivity index (χ0) is 19.1. The zero-order valence-electron chi connectivity index (χ0n) is 18.0. The lowest BCUT2D eigenvalue weighted by Crippen LogP contribution is -2.65. The van der Waals surface area contributed by atoms with Crippen LogP contribution in [0.15, 0.2) is 4.99 Å². The molecule has 3 rings (SSSR count). The molecule has 1 spiro atoms. The Bertz CT molecular complexity index is 477. The number of nitrogens with zero attached hydrogens (tertiary/aromatic N) is 2. The first-order valence-electron chi connectivity index (χ1n) is 11.1. The van der Waals surface area contributed by atoms with E-state index >= 15 is 0 Å². The van der Waals surface area contributed by atoms with Gasteiger partial charge in [-0.05, 0) is 46.0 Å². The molecule has 28 heavy (non-hydrogen) atoms. The van der Waals surface area contributed by atoms with Gasteiger partial charge in [0.2, 0.25) is 0 Å². The van der Waals surface area contributed by atoms with Gasteiger partial charge in [0, 0.05) is 57.4 Å². The van der Waals surface area contributed by atoms with E-state index in [0.29, 0.717) is 23.6 Å². The maximum atomic E-state index is 6.07. The number of aliphatic imine (C=N–C) groups is 1. The zero-order valence-corrected chi connectivity index (χ0v) is 20.4. The summed E-state index contributed by atoms with van der Waals surface area (Å²) < 4.78 is 11.3. The van der Waals surface area contributed by atoms with Crippen LogP contribution >= 0.6 is 24.0 Å². The van der Waals surface area contributed by atoms with E-state index in [-0.39, 0.29) is 24.0 Å². The Hall–Kier alpha value is -0.120. The Labute approximate surface area is 188 Å². The second-order valence-corrected chi connectivity index (χ2v) is 8.39. The van der Waals surface area contributed by atoms with Crippen molar-refractivity contribution in [2.45, 2.75) is 77.0 Å². The van der Waals surface area contributed by atoms with Crippen LogP contribution in [0, 0.1) is 5.41 Å². The summed E-state index contributed by atoms with van der Waals surface area (Å²) in [4.78, 5) is 7.25. The molecule has 0 bridgehead atoms. The van der Waals surface area contributed by atoms with Gasteiger partial charge in [-0.15, -0.1) is 24.0 Å². The molecule has 6 nitrogen and oxygen atoms in total. The topological polar surface area (TPSA) is 58.1 Å². The van der Waals surface area contributed by atoms with Crippen molar-refractivity contribution in [3.05, 3.63) is 0 Å². The van der Waals surface area contributed by atoms with E-state index in [0.717, 1.165) is 51.8 Å². The Morgan fingerprint density at radius 2 is 1.86 bits per heavy atom. The van der Waals surface area contributed by atoms with Gasteiger partial charge >= 0.3 is 0 Å². The minimum absolute atomic E-state index is 0. The lowest BCUT2D eigenvalue weighted by Gasteiger charge is -2.54.